The Morgan fingerprint density at radius 2 is 1.05 bits per heavy atom. The Hall–Kier alpha value is -4.83. The van der Waals surface area contributed by atoms with Gasteiger partial charge in [-0.15, -0.1) is 0 Å². The lowest BCUT2D eigenvalue weighted by Crippen LogP contribution is -2.03. The fourth-order valence-corrected chi connectivity index (χ4v) is 4.29. The van der Waals surface area contributed by atoms with E-state index in [1.165, 1.54) is 0 Å². The second-order valence-electron chi connectivity index (χ2n) is 9.25. The summed E-state index contributed by atoms with van der Waals surface area (Å²) in [5.74, 6) is 2.29. The number of hydrogen-bond donors (Lipinski definition) is 0. The fraction of sp³-hybridized carbons (Fsp3) is 0.114. The lowest BCUT2D eigenvalue weighted by Gasteiger charge is -2.15. The summed E-state index contributed by atoms with van der Waals surface area (Å²) in [6, 6.07) is 41.6. The summed E-state index contributed by atoms with van der Waals surface area (Å²) in [7, 11) is 0. The molecule has 0 spiro atoms. The van der Waals surface area contributed by atoms with E-state index in [9.17, 15) is 4.79 Å². The topological polar surface area (TPSA) is 44.8 Å². The molecule has 5 aromatic carbocycles. The predicted molar refractivity (Wildman–Crippen MR) is 153 cm³/mol. The molecule has 194 valence electrons. The van der Waals surface area contributed by atoms with Gasteiger partial charge in [0, 0.05) is 17.5 Å². The van der Waals surface area contributed by atoms with Gasteiger partial charge >= 0.3 is 0 Å². The van der Waals surface area contributed by atoms with Gasteiger partial charge in [0.2, 0.25) is 0 Å². The molecule has 0 aliphatic rings. The lowest BCUT2D eigenvalue weighted by molar-refractivity contribution is 0.112. The third-order valence-electron chi connectivity index (χ3n) is 6.39. The molecule has 4 heteroatoms. The molecule has 5 rings (SSSR count). The third kappa shape index (κ3) is 7.36. The van der Waals surface area contributed by atoms with E-state index in [2.05, 4.69) is 0 Å². The molecule has 0 saturated carbocycles. The van der Waals surface area contributed by atoms with Crippen molar-refractivity contribution in [2.24, 2.45) is 0 Å². The van der Waals surface area contributed by atoms with Gasteiger partial charge in [-0.2, -0.15) is 0 Å². The maximum Gasteiger partial charge on any atom is 0.150 e. The Labute approximate surface area is 229 Å². The van der Waals surface area contributed by atoms with Crippen LogP contribution in [0.2, 0.25) is 0 Å². The molecule has 0 atom stereocenters. The summed E-state index contributed by atoms with van der Waals surface area (Å²) >= 11 is 0. The fourth-order valence-electron chi connectivity index (χ4n) is 4.29. The maximum atomic E-state index is 11.9. The van der Waals surface area contributed by atoms with Crippen molar-refractivity contribution < 1.29 is 19.0 Å². The van der Waals surface area contributed by atoms with Crippen molar-refractivity contribution in [2.75, 3.05) is 0 Å². The molecule has 0 aromatic heterocycles. The second-order valence-corrected chi connectivity index (χ2v) is 9.25. The third-order valence-corrected chi connectivity index (χ3v) is 6.39. The van der Waals surface area contributed by atoms with Gasteiger partial charge in [-0.3, -0.25) is 4.79 Å². The van der Waals surface area contributed by atoms with Gasteiger partial charge in [0.05, 0.1) is 0 Å². The first-order chi connectivity index (χ1) is 19.3. The van der Waals surface area contributed by atoms with Crippen molar-refractivity contribution in [1.82, 2.24) is 0 Å². The number of benzene rings is 5. The quantitative estimate of drug-likeness (QED) is 0.159. The highest BCUT2D eigenvalue weighted by atomic mass is 16.5. The predicted octanol–water partition coefficient (Wildman–Crippen LogP) is 7.83. The standard InChI is InChI=1S/C35H30O4/c36-23-31-14-8-16-35(39-26-29-17-19-32(20-18-29)37-24-27-9-3-1-4-10-27)34(31)22-30-13-7-15-33(21-30)38-25-28-11-5-2-6-12-28/h1-21,23H,22,24-26H2. The number of rotatable bonds is 12. The number of carbonyl (C=O) groups is 1. The normalized spacial score (nSPS) is 10.6. The van der Waals surface area contributed by atoms with Crippen LogP contribution in [-0.2, 0) is 26.2 Å². The second kappa shape index (κ2) is 13.1. The number of hydrogen-bond acceptors (Lipinski definition) is 4. The van der Waals surface area contributed by atoms with Crippen molar-refractivity contribution in [1.29, 1.82) is 0 Å². The van der Waals surface area contributed by atoms with Crippen LogP contribution in [0.25, 0.3) is 0 Å². The largest absolute Gasteiger partial charge is 0.489 e. The minimum absolute atomic E-state index is 0.383. The van der Waals surface area contributed by atoms with Crippen molar-refractivity contribution in [2.45, 2.75) is 26.2 Å². The van der Waals surface area contributed by atoms with Crippen molar-refractivity contribution in [3.8, 4) is 17.2 Å². The summed E-state index contributed by atoms with van der Waals surface area (Å²) in [5.41, 5.74) is 5.77. The molecule has 0 amide bonds. The first-order valence-electron chi connectivity index (χ1n) is 13.0. The first kappa shape index (κ1) is 25.8. The van der Waals surface area contributed by atoms with Crippen LogP contribution in [0.5, 0.6) is 17.2 Å². The Bertz CT molecular complexity index is 1480. The highest BCUT2D eigenvalue weighted by molar-refractivity contribution is 5.79. The molecule has 0 aliphatic heterocycles. The van der Waals surface area contributed by atoms with Crippen molar-refractivity contribution in [3.63, 3.8) is 0 Å². The molecule has 0 bridgehead atoms. The highest BCUT2D eigenvalue weighted by Crippen LogP contribution is 2.27. The number of aldehydes is 1. The Kier molecular flexibility index (Phi) is 8.67. The van der Waals surface area contributed by atoms with Crippen LogP contribution in [0.1, 0.15) is 38.2 Å². The van der Waals surface area contributed by atoms with E-state index in [1.54, 1.807) is 0 Å². The van der Waals surface area contributed by atoms with Crippen LogP contribution in [0.15, 0.2) is 127 Å². The minimum atomic E-state index is 0.383. The van der Waals surface area contributed by atoms with Crippen molar-refractivity contribution in [3.05, 3.63) is 161 Å². The van der Waals surface area contributed by atoms with E-state index in [0.717, 1.165) is 45.6 Å². The smallest absolute Gasteiger partial charge is 0.150 e. The van der Waals surface area contributed by atoms with Gasteiger partial charge in [0.25, 0.3) is 0 Å². The van der Waals surface area contributed by atoms with Crippen LogP contribution in [0.4, 0.5) is 0 Å². The molecule has 0 saturated heterocycles. The van der Waals surface area contributed by atoms with Crippen LogP contribution in [0, 0.1) is 0 Å². The summed E-state index contributed by atoms with van der Waals surface area (Å²) in [6.45, 7) is 1.41. The van der Waals surface area contributed by atoms with E-state index in [-0.39, 0.29) is 0 Å². The molecular formula is C35H30O4. The zero-order valence-corrected chi connectivity index (χ0v) is 21.7. The molecule has 5 aromatic rings. The minimum Gasteiger partial charge on any atom is -0.489 e. The SMILES string of the molecule is O=Cc1cccc(OCc2ccc(OCc3ccccc3)cc2)c1Cc1cccc(OCc2ccccc2)c1. The average molecular weight is 515 g/mol. The Morgan fingerprint density at radius 1 is 0.487 bits per heavy atom. The molecule has 0 unspecified atom stereocenters. The molecule has 0 heterocycles. The van der Waals surface area contributed by atoms with Gasteiger partial charge in [0.15, 0.2) is 0 Å². The summed E-state index contributed by atoms with van der Waals surface area (Å²) in [4.78, 5) is 11.9. The first-order valence-corrected chi connectivity index (χ1v) is 13.0. The molecule has 0 radical (unpaired) electrons. The van der Waals surface area contributed by atoms with E-state index in [1.807, 2.05) is 127 Å². The molecule has 0 aliphatic carbocycles. The summed E-state index contributed by atoms with van der Waals surface area (Å²) < 4.78 is 18.1. The van der Waals surface area contributed by atoms with Gasteiger partial charge in [-0.05, 0) is 52.6 Å². The van der Waals surface area contributed by atoms with E-state index >= 15 is 0 Å². The average Bonchev–Trinajstić information content (AvgIpc) is 3.00. The Morgan fingerprint density at radius 3 is 1.72 bits per heavy atom. The van der Waals surface area contributed by atoms with Crippen LogP contribution in [0.3, 0.4) is 0 Å². The monoisotopic (exact) mass is 514 g/mol. The molecule has 39 heavy (non-hydrogen) atoms. The van der Waals surface area contributed by atoms with E-state index in [0.29, 0.717) is 37.6 Å². The van der Waals surface area contributed by atoms with E-state index in [4.69, 9.17) is 14.2 Å². The Balaban J connectivity index is 1.23. The zero-order valence-electron chi connectivity index (χ0n) is 21.7. The molecule has 0 fully saturated rings. The lowest BCUT2D eigenvalue weighted by atomic mass is 9.99. The molecule has 0 N–H and O–H groups in total. The highest BCUT2D eigenvalue weighted by Gasteiger charge is 2.12. The maximum absolute atomic E-state index is 11.9. The van der Waals surface area contributed by atoms with E-state index < -0.39 is 0 Å². The van der Waals surface area contributed by atoms with Gasteiger partial charge in [0.1, 0.15) is 43.4 Å². The number of ether oxygens (including phenoxy) is 3. The zero-order chi connectivity index (χ0) is 26.7. The van der Waals surface area contributed by atoms with Crippen LogP contribution >= 0.6 is 0 Å². The van der Waals surface area contributed by atoms with Crippen LogP contribution in [-0.4, -0.2) is 6.29 Å². The van der Waals surface area contributed by atoms with Crippen LogP contribution < -0.4 is 14.2 Å². The molecule has 4 nitrogen and oxygen atoms in total. The van der Waals surface area contributed by atoms with Gasteiger partial charge < -0.3 is 14.2 Å². The number of carbonyl (C=O) groups excluding carboxylic acids is 1. The summed E-state index contributed by atoms with van der Waals surface area (Å²) in [5, 5.41) is 0. The van der Waals surface area contributed by atoms with Crippen molar-refractivity contribution >= 4 is 6.29 Å². The summed E-state index contributed by atoms with van der Waals surface area (Å²) in [6.07, 6.45) is 1.44. The van der Waals surface area contributed by atoms with Gasteiger partial charge in [-0.1, -0.05) is 97.1 Å². The molecular weight excluding hydrogens is 484 g/mol. The van der Waals surface area contributed by atoms with Gasteiger partial charge in [-0.25, -0.2) is 0 Å².